The SMILES string of the molecule is Cc1ccc(S(=O)(=O)OC(C(F)(F)F)C(F)(F)S(=O)(=O)O)cc1.Cc1ccc(S(=O)(=O)OCC(F)(F)S(=O)(=O)O)cc1. The van der Waals surface area contributed by atoms with Crippen LogP contribution in [0.2, 0.25) is 0 Å². The Balaban J connectivity index is 0.000000428. The van der Waals surface area contributed by atoms with Crippen LogP contribution >= 0.6 is 0 Å². The van der Waals surface area contributed by atoms with Crippen LogP contribution in [0, 0.1) is 13.8 Å². The maximum absolute atomic E-state index is 13.3. The number of alkyl halides is 7. The van der Waals surface area contributed by atoms with Crippen molar-refractivity contribution < 1.29 is 81.9 Å². The lowest BCUT2D eigenvalue weighted by Gasteiger charge is -2.25. The van der Waals surface area contributed by atoms with Gasteiger partial charge in [0.25, 0.3) is 26.3 Å². The molecule has 2 N–H and O–H groups in total. The van der Waals surface area contributed by atoms with E-state index in [-0.39, 0.29) is 0 Å². The average molecular weight is 701 g/mol. The summed E-state index contributed by atoms with van der Waals surface area (Å²) in [4.78, 5) is -1.30. The predicted molar refractivity (Wildman–Crippen MR) is 127 cm³/mol. The smallest absolute Gasteiger partial charge is 0.281 e. The van der Waals surface area contributed by atoms with Gasteiger partial charge in [-0.25, -0.2) is 4.18 Å². The van der Waals surface area contributed by atoms with Crippen LogP contribution in [-0.2, 0) is 48.8 Å². The van der Waals surface area contributed by atoms with Crippen molar-refractivity contribution in [3.8, 4) is 0 Å². The van der Waals surface area contributed by atoms with E-state index < -0.39 is 79.7 Å². The van der Waals surface area contributed by atoms with Crippen LogP contribution in [0.1, 0.15) is 11.1 Å². The molecule has 0 saturated heterocycles. The molecule has 0 aliphatic heterocycles. The summed E-state index contributed by atoms with van der Waals surface area (Å²) < 4.78 is 201. The summed E-state index contributed by atoms with van der Waals surface area (Å²) >= 11 is 0. The minimum absolute atomic E-state index is 0.399. The maximum Gasteiger partial charge on any atom is 0.423 e. The molecular weight excluding hydrogens is 681 g/mol. The second-order valence-corrected chi connectivity index (χ2v) is 14.2. The normalized spacial score (nSPS) is 14.5. The van der Waals surface area contributed by atoms with E-state index in [2.05, 4.69) is 8.37 Å². The highest BCUT2D eigenvalue weighted by molar-refractivity contribution is 7.88. The monoisotopic (exact) mass is 700 g/mol. The summed E-state index contributed by atoms with van der Waals surface area (Å²) in [6, 6.07) is 8.94. The van der Waals surface area contributed by atoms with Crippen molar-refractivity contribution in [1.29, 1.82) is 0 Å². The number of aryl methyl sites for hydroxylation is 2. The standard InChI is InChI=1S/C10H9F5O6S2.C9H10F2O6S2/c1-6-2-4-7(5-3-6)22(16,17)21-8(9(11,12)13)10(14,15)23(18,19)20;1-7-2-4-8(5-3-7)18(12,13)17-6-9(10,11)19(14,15)16/h2-5,8H,1H3,(H,18,19,20);2-5H,6H2,1H3,(H,14,15,16). The van der Waals surface area contributed by atoms with Gasteiger partial charge < -0.3 is 0 Å². The molecule has 0 fully saturated rings. The second kappa shape index (κ2) is 12.7. The van der Waals surface area contributed by atoms with Gasteiger partial charge in [0.15, 0.2) is 0 Å². The zero-order valence-electron chi connectivity index (χ0n) is 20.7. The first-order valence-electron chi connectivity index (χ1n) is 10.3. The molecule has 1 unspecified atom stereocenters. The van der Waals surface area contributed by atoms with Gasteiger partial charge in [-0.1, -0.05) is 35.4 Å². The third-order valence-corrected chi connectivity index (χ3v) is 8.90. The van der Waals surface area contributed by atoms with Gasteiger partial charge in [0.1, 0.15) is 6.61 Å². The van der Waals surface area contributed by atoms with Gasteiger partial charge in [-0.05, 0) is 38.1 Å². The van der Waals surface area contributed by atoms with Crippen molar-refractivity contribution in [3.63, 3.8) is 0 Å². The van der Waals surface area contributed by atoms with Crippen LogP contribution in [0.4, 0.5) is 30.7 Å². The molecular formula is C19H19F7O12S4. The lowest BCUT2D eigenvalue weighted by molar-refractivity contribution is -0.237. The fourth-order valence-corrected chi connectivity index (χ4v) is 5.09. The number of hydrogen-bond donors (Lipinski definition) is 2. The van der Waals surface area contributed by atoms with Crippen LogP contribution in [-0.4, -0.2) is 72.2 Å². The van der Waals surface area contributed by atoms with Gasteiger partial charge in [0.05, 0.1) is 9.79 Å². The van der Waals surface area contributed by atoms with E-state index in [0.29, 0.717) is 5.56 Å². The first-order valence-corrected chi connectivity index (χ1v) is 16.0. The largest absolute Gasteiger partial charge is 0.423 e. The van der Waals surface area contributed by atoms with E-state index >= 15 is 0 Å². The van der Waals surface area contributed by atoms with Crippen molar-refractivity contribution in [2.24, 2.45) is 0 Å². The van der Waals surface area contributed by atoms with E-state index in [1.54, 1.807) is 6.92 Å². The van der Waals surface area contributed by atoms with Gasteiger partial charge in [0.2, 0.25) is 0 Å². The number of rotatable bonds is 10. The van der Waals surface area contributed by atoms with E-state index in [1.165, 1.54) is 19.1 Å². The molecule has 0 aliphatic rings. The molecule has 0 aromatic heterocycles. The second-order valence-electron chi connectivity index (χ2n) is 7.96. The quantitative estimate of drug-likeness (QED) is 0.209. The number of halogens is 7. The molecule has 0 radical (unpaired) electrons. The van der Waals surface area contributed by atoms with E-state index in [1.807, 2.05) is 0 Å². The third-order valence-electron chi connectivity index (χ3n) is 4.55. The number of benzene rings is 2. The number of hydrogen-bond acceptors (Lipinski definition) is 10. The highest BCUT2D eigenvalue weighted by Crippen LogP contribution is 2.39. The van der Waals surface area contributed by atoms with Crippen LogP contribution in [0.3, 0.4) is 0 Å². The summed E-state index contributed by atoms with van der Waals surface area (Å²) in [5.74, 6) is 0. The lowest BCUT2D eigenvalue weighted by atomic mass is 10.2. The molecule has 0 amide bonds. The molecule has 23 heteroatoms. The lowest BCUT2D eigenvalue weighted by Crippen LogP contribution is -2.52. The summed E-state index contributed by atoms with van der Waals surface area (Å²) in [7, 11) is -22.2. The molecule has 1 atom stereocenters. The summed E-state index contributed by atoms with van der Waals surface area (Å²) in [6.07, 6.45) is -10.7. The molecule has 2 aromatic carbocycles. The summed E-state index contributed by atoms with van der Waals surface area (Å²) in [6.45, 7) is 1.20. The maximum atomic E-state index is 13.3. The molecule has 0 saturated carbocycles. The van der Waals surface area contributed by atoms with Crippen LogP contribution in [0.15, 0.2) is 58.3 Å². The molecule has 2 rings (SSSR count). The summed E-state index contributed by atoms with van der Waals surface area (Å²) in [5.41, 5.74) is 1.25. The minimum atomic E-state index is -6.59. The first-order chi connectivity index (χ1) is 18.5. The summed E-state index contributed by atoms with van der Waals surface area (Å²) in [5, 5.41) is -10.6. The molecule has 0 heterocycles. The van der Waals surface area contributed by atoms with Gasteiger partial charge >= 0.3 is 36.9 Å². The van der Waals surface area contributed by atoms with Crippen LogP contribution < -0.4 is 0 Å². The molecule has 0 bridgehead atoms. The minimum Gasteiger partial charge on any atom is -0.281 e. The van der Waals surface area contributed by atoms with Crippen LogP contribution in [0.25, 0.3) is 0 Å². The molecule has 240 valence electrons. The third kappa shape index (κ3) is 9.82. The van der Waals surface area contributed by atoms with Gasteiger partial charge in [0, 0.05) is 0 Å². The Labute approximate surface area is 234 Å². The van der Waals surface area contributed by atoms with Gasteiger partial charge in [-0.3, -0.25) is 13.3 Å². The molecule has 0 aliphatic carbocycles. The topological polar surface area (TPSA) is 195 Å². The average Bonchev–Trinajstić information content (AvgIpc) is 2.80. The highest BCUT2D eigenvalue weighted by atomic mass is 32.2. The molecule has 42 heavy (non-hydrogen) atoms. The van der Waals surface area contributed by atoms with Crippen molar-refractivity contribution in [1.82, 2.24) is 0 Å². The molecule has 0 spiro atoms. The van der Waals surface area contributed by atoms with Crippen molar-refractivity contribution in [2.75, 3.05) is 6.61 Å². The van der Waals surface area contributed by atoms with Crippen molar-refractivity contribution in [2.45, 2.75) is 46.4 Å². The Morgan fingerprint density at radius 1 is 0.643 bits per heavy atom. The Morgan fingerprint density at radius 3 is 1.31 bits per heavy atom. The Morgan fingerprint density at radius 2 is 1.00 bits per heavy atom. The zero-order valence-corrected chi connectivity index (χ0v) is 23.9. The van der Waals surface area contributed by atoms with E-state index in [9.17, 15) is 64.4 Å². The van der Waals surface area contributed by atoms with Crippen molar-refractivity contribution in [3.05, 3.63) is 59.7 Å². The van der Waals surface area contributed by atoms with Crippen molar-refractivity contribution >= 4 is 40.5 Å². The fourth-order valence-electron chi connectivity index (χ4n) is 2.32. The Hall–Kier alpha value is -2.41. The first kappa shape index (κ1) is 37.6. The van der Waals surface area contributed by atoms with Crippen LogP contribution in [0.5, 0.6) is 0 Å². The zero-order chi connectivity index (χ0) is 33.2. The van der Waals surface area contributed by atoms with E-state index in [0.717, 1.165) is 42.0 Å². The van der Waals surface area contributed by atoms with Gasteiger partial charge in [-0.2, -0.15) is 64.4 Å². The fraction of sp³-hybridized carbons (Fsp3) is 0.368. The highest BCUT2D eigenvalue weighted by Gasteiger charge is 2.66. The Bertz CT molecular complexity index is 1670. The van der Waals surface area contributed by atoms with E-state index in [4.69, 9.17) is 9.11 Å². The molecule has 2 aromatic rings. The Kier molecular flexibility index (Phi) is 11.4. The predicted octanol–water partition coefficient (Wildman–Crippen LogP) is 3.29. The molecule has 12 nitrogen and oxygen atoms in total. The van der Waals surface area contributed by atoms with Gasteiger partial charge in [-0.15, -0.1) is 0 Å².